The monoisotopic (exact) mass is 422 g/mol. The number of hydrogen-bond acceptors (Lipinski definition) is 1. The summed E-state index contributed by atoms with van der Waals surface area (Å²) in [6.45, 7) is 0. The molecule has 0 aliphatic carbocycles. The van der Waals surface area contributed by atoms with Gasteiger partial charge in [-0.25, -0.2) is 17.6 Å². The van der Waals surface area contributed by atoms with E-state index in [-0.39, 0.29) is 4.90 Å². The van der Waals surface area contributed by atoms with Gasteiger partial charge >= 0.3 is 18.5 Å². The molecule has 1 aromatic rings. The summed E-state index contributed by atoms with van der Waals surface area (Å²) < 4.78 is 170. The van der Waals surface area contributed by atoms with Gasteiger partial charge in [-0.3, -0.25) is 0 Å². The van der Waals surface area contributed by atoms with Gasteiger partial charge < -0.3 is 4.90 Å². The molecule has 0 aliphatic heterocycles. The maximum Gasteiger partial charge on any atom is 0.405 e. The quantitative estimate of drug-likeness (QED) is 0.301. The summed E-state index contributed by atoms with van der Waals surface area (Å²) >= 11 is 0. The fraction of sp³-hybridized carbons (Fsp3) is 0.500. The van der Waals surface area contributed by atoms with Crippen molar-refractivity contribution in [2.45, 2.75) is 23.8 Å². The SMILES string of the molecule is CN(C)c1c(F)c(F)c(F)c(F)c1[B]C(C(F)(F)F)(C(F)(F)F)C(F)(F)F. The van der Waals surface area contributed by atoms with Crippen molar-refractivity contribution in [2.75, 3.05) is 19.0 Å². The van der Waals surface area contributed by atoms with E-state index >= 15 is 0 Å². The molecule has 0 saturated carbocycles. The van der Waals surface area contributed by atoms with Gasteiger partial charge in [0.15, 0.2) is 23.3 Å². The molecule has 27 heavy (non-hydrogen) atoms. The first-order chi connectivity index (χ1) is 11.8. The van der Waals surface area contributed by atoms with Crippen LogP contribution in [0.25, 0.3) is 0 Å². The molecule has 0 unspecified atom stereocenters. The Labute approximate surface area is 143 Å². The Morgan fingerprint density at radius 3 is 1.22 bits per heavy atom. The highest BCUT2D eigenvalue weighted by Gasteiger charge is 2.83. The number of anilines is 1. The third-order valence-electron chi connectivity index (χ3n) is 3.43. The maximum absolute atomic E-state index is 13.8. The third kappa shape index (κ3) is 3.51. The second-order valence-corrected chi connectivity index (χ2v) is 5.36. The van der Waals surface area contributed by atoms with Gasteiger partial charge in [0.25, 0.3) is 0 Å². The number of rotatable bonds is 3. The van der Waals surface area contributed by atoms with Crippen molar-refractivity contribution in [1.82, 2.24) is 0 Å². The number of halogens is 13. The zero-order valence-corrected chi connectivity index (χ0v) is 12.9. The predicted octanol–water partition coefficient (Wildman–Crippen LogP) is 4.48. The van der Waals surface area contributed by atoms with E-state index in [1.54, 1.807) is 0 Å². The molecule has 0 saturated heterocycles. The molecule has 0 heterocycles. The molecule has 1 aromatic carbocycles. The van der Waals surface area contributed by atoms with Gasteiger partial charge in [0.2, 0.25) is 12.6 Å². The summed E-state index contributed by atoms with van der Waals surface area (Å²) in [7, 11) is -0.463. The van der Waals surface area contributed by atoms with Gasteiger partial charge in [0, 0.05) is 14.1 Å². The average molecular weight is 422 g/mol. The Morgan fingerprint density at radius 2 is 0.926 bits per heavy atom. The van der Waals surface area contributed by atoms with Crippen LogP contribution in [0.2, 0.25) is 5.31 Å². The van der Waals surface area contributed by atoms with E-state index in [2.05, 4.69) is 0 Å². The van der Waals surface area contributed by atoms with Crippen molar-refractivity contribution < 1.29 is 57.1 Å². The zero-order valence-electron chi connectivity index (χ0n) is 12.9. The molecular weight excluding hydrogens is 416 g/mol. The molecule has 0 atom stereocenters. The highest BCUT2D eigenvalue weighted by molar-refractivity contribution is 6.60. The van der Waals surface area contributed by atoms with Gasteiger partial charge in [0.1, 0.15) is 0 Å². The lowest BCUT2D eigenvalue weighted by molar-refractivity contribution is -0.354. The Bertz CT molecular complexity index is 680. The fourth-order valence-corrected chi connectivity index (χ4v) is 2.15. The predicted molar refractivity (Wildman–Crippen MR) is 66.8 cm³/mol. The number of nitrogens with zero attached hydrogens (tertiary/aromatic N) is 1. The highest BCUT2D eigenvalue weighted by Crippen LogP contribution is 2.64. The van der Waals surface area contributed by atoms with Crippen LogP contribution in [0.1, 0.15) is 0 Å². The first-order valence-corrected chi connectivity index (χ1v) is 6.40. The zero-order chi connectivity index (χ0) is 21.7. The standard InChI is InChI=1S/C12H6BF13N/c1-27(2)8-3(4(14)5(15)6(16)7(8)17)13-9(10(18,19)20,11(21,22)23)12(24,25)26/h1-2H3. The fourth-order valence-electron chi connectivity index (χ4n) is 2.15. The van der Waals surface area contributed by atoms with E-state index in [1.807, 2.05) is 0 Å². The maximum atomic E-state index is 13.8. The normalized spacial score (nSPS) is 13.7. The van der Waals surface area contributed by atoms with E-state index in [0.29, 0.717) is 14.1 Å². The van der Waals surface area contributed by atoms with Crippen molar-refractivity contribution in [3.05, 3.63) is 23.3 Å². The number of benzene rings is 1. The molecule has 0 bridgehead atoms. The first kappa shape index (κ1) is 23.2. The summed E-state index contributed by atoms with van der Waals surface area (Å²) in [5, 5.41) is -6.69. The van der Waals surface area contributed by atoms with Gasteiger partial charge in [-0.2, -0.15) is 39.5 Å². The summed E-state index contributed by atoms with van der Waals surface area (Å²) in [6.07, 6.45) is -21.4. The Balaban J connectivity index is 4.01. The van der Waals surface area contributed by atoms with Crippen LogP contribution >= 0.6 is 0 Å². The lowest BCUT2D eigenvalue weighted by Gasteiger charge is -2.39. The van der Waals surface area contributed by atoms with Crippen molar-refractivity contribution in [2.24, 2.45) is 0 Å². The molecule has 1 rings (SSSR count). The van der Waals surface area contributed by atoms with Crippen LogP contribution < -0.4 is 10.4 Å². The van der Waals surface area contributed by atoms with E-state index in [0.717, 1.165) is 0 Å². The summed E-state index contributed by atoms with van der Waals surface area (Å²) in [6, 6.07) is 0. The number of alkyl halides is 9. The molecule has 1 radical (unpaired) electrons. The van der Waals surface area contributed by atoms with Crippen LogP contribution in [0, 0.1) is 23.3 Å². The molecule has 0 aromatic heterocycles. The minimum Gasteiger partial charge on any atom is -0.376 e. The molecule has 0 aliphatic rings. The highest BCUT2D eigenvalue weighted by atomic mass is 19.4. The van der Waals surface area contributed by atoms with Gasteiger partial charge in [-0.15, -0.1) is 0 Å². The molecule has 153 valence electrons. The summed E-state index contributed by atoms with van der Waals surface area (Å²) in [5.41, 5.74) is -4.18. The van der Waals surface area contributed by atoms with Crippen LogP contribution in [-0.2, 0) is 0 Å². The van der Waals surface area contributed by atoms with Crippen molar-refractivity contribution >= 4 is 18.4 Å². The van der Waals surface area contributed by atoms with Crippen molar-refractivity contribution in [3.8, 4) is 0 Å². The van der Waals surface area contributed by atoms with Crippen LogP contribution in [0.4, 0.5) is 62.8 Å². The lowest BCUT2D eigenvalue weighted by Crippen LogP contribution is -2.60. The van der Waals surface area contributed by atoms with E-state index < -0.39 is 65.5 Å². The molecular formula is C12H6BF13N. The molecule has 15 heteroatoms. The summed E-state index contributed by atoms with van der Waals surface area (Å²) in [5.74, 6) is -10.9. The minimum absolute atomic E-state index is 0.181. The van der Waals surface area contributed by atoms with Crippen molar-refractivity contribution in [3.63, 3.8) is 0 Å². The third-order valence-corrected chi connectivity index (χ3v) is 3.43. The topological polar surface area (TPSA) is 3.24 Å². The van der Waals surface area contributed by atoms with Gasteiger partial charge in [-0.05, 0) is 5.46 Å². The van der Waals surface area contributed by atoms with Gasteiger partial charge in [0.05, 0.1) is 5.69 Å². The molecule has 0 N–H and O–H groups in total. The van der Waals surface area contributed by atoms with E-state index in [4.69, 9.17) is 0 Å². The van der Waals surface area contributed by atoms with E-state index in [1.165, 1.54) is 0 Å². The molecule has 0 amide bonds. The van der Waals surface area contributed by atoms with Crippen LogP contribution in [-0.4, -0.2) is 39.9 Å². The van der Waals surface area contributed by atoms with Crippen LogP contribution in [0.15, 0.2) is 0 Å². The van der Waals surface area contributed by atoms with E-state index in [9.17, 15) is 57.1 Å². The molecule has 0 spiro atoms. The van der Waals surface area contributed by atoms with Gasteiger partial charge in [-0.1, -0.05) is 0 Å². The lowest BCUT2D eigenvalue weighted by atomic mass is 9.46. The largest absolute Gasteiger partial charge is 0.405 e. The Kier molecular flexibility index (Phi) is 5.72. The second-order valence-electron chi connectivity index (χ2n) is 5.36. The molecule has 1 nitrogen and oxygen atoms in total. The van der Waals surface area contributed by atoms with Crippen molar-refractivity contribution in [1.29, 1.82) is 0 Å². The smallest absolute Gasteiger partial charge is 0.376 e. The molecule has 0 fully saturated rings. The Hall–Kier alpha value is -1.83. The average Bonchev–Trinajstić information content (AvgIpc) is 2.42. The second kappa shape index (κ2) is 6.65. The number of hydrogen-bond donors (Lipinski definition) is 0. The van der Waals surface area contributed by atoms with Crippen LogP contribution in [0.3, 0.4) is 0 Å². The summed E-state index contributed by atoms with van der Waals surface area (Å²) in [4.78, 5) is 0.181. The first-order valence-electron chi connectivity index (χ1n) is 6.40. The Morgan fingerprint density at radius 1 is 0.593 bits per heavy atom. The minimum atomic E-state index is -7.14. The van der Waals surface area contributed by atoms with Crippen LogP contribution in [0.5, 0.6) is 0 Å².